The van der Waals surface area contributed by atoms with E-state index in [0.29, 0.717) is 13.0 Å². The van der Waals surface area contributed by atoms with Crippen molar-refractivity contribution in [1.29, 1.82) is 0 Å². The van der Waals surface area contributed by atoms with E-state index in [0.717, 1.165) is 57.4 Å². The van der Waals surface area contributed by atoms with Gasteiger partial charge in [-0.3, -0.25) is 14.6 Å². The van der Waals surface area contributed by atoms with Crippen LogP contribution in [-0.2, 0) is 20.7 Å². The van der Waals surface area contributed by atoms with Crippen LogP contribution in [0.4, 0.5) is 0 Å². The molecule has 1 aromatic heterocycles. The van der Waals surface area contributed by atoms with Crippen molar-refractivity contribution < 1.29 is 14.3 Å². The van der Waals surface area contributed by atoms with Gasteiger partial charge in [-0.2, -0.15) is 0 Å². The minimum absolute atomic E-state index is 0.0898. The van der Waals surface area contributed by atoms with E-state index in [1.54, 1.807) is 6.20 Å². The van der Waals surface area contributed by atoms with E-state index in [9.17, 15) is 9.59 Å². The molecular formula is C21H31N3O3. The summed E-state index contributed by atoms with van der Waals surface area (Å²) in [5.74, 6) is 0.347. The highest BCUT2D eigenvalue weighted by molar-refractivity contribution is 5.80. The number of pyridine rings is 1. The third-order valence-corrected chi connectivity index (χ3v) is 6.04. The van der Waals surface area contributed by atoms with Gasteiger partial charge in [0.05, 0.1) is 0 Å². The molecule has 3 heterocycles. The zero-order valence-electron chi connectivity index (χ0n) is 16.5. The van der Waals surface area contributed by atoms with Crippen LogP contribution >= 0.6 is 0 Å². The average molecular weight is 373 g/mol. The van der Waals surface area contributed by atoms with Crippen LogP contribution in [0.2, 0.25) is 0 Å². The molecule has 1 atom stereocenters. The van der Waals surface area contributed by atoms with Gasteiger partial charge in [-0.25, -0.2) is 0 Å². The molecule has 27 heavy (non-hydrogen) atoms. The molecule has 0 radical (unpaired) electrons. The first-order chi connectivity index (χ1) is 13.0. The average Bonchev–Trinajstić information content (AvgIpc) is 2.70. The van der Waals surface area contributed by atoms with E-state index in [2.05, 4.69) is 11.1 Å². The van der Waals surface area contributed by atoms with Crippen molar-refractivity contribution >= 4 is 11.8 Å². The summed E-state index contributed by atoms with van der Waals surface area (Å²) >= 11 is 0. The molecule has 2 amide bonds. The maximum atomic E-state index is 12.5. The predicted molar refractivity (Wildman–Crippen MR) is 103 cm³/mol. The topological polar surface area (TPSA) is 62.7 Å². The summed E-state index contributed by atoms with van der Waals surface area (Å²) in [6, 6.07) is 3.99. The van der Waals surface area contributed by atoms with Gasteiger partial charge in [0.25, 0.3) is 5.91 Å². The third kappa shape index (κ3) is 4.86. The van der Waals surface area contributed by atoms with Gasteiger partial charge in [0.1, 0.15) is 6.10 Å². The number of rotatable bonds is 6. The Morgan fingerprint density at radius 1 is 1.33 bits per heavy atom. The van der Waals surface area contributed by atoms with E-state index < -0.39 is 0 Å². The lowest BCUT2D eigenvalue weighted by Gasteiger charge is -2.47. The molecule has 0 aromatic carbocycles. The predicted octanol–water partition coefficient (Wildman–Crippen LogP) is 2.28. The number of piperidine rings is 2. The Morgan fingerprint density at radius 3 is 2.78 bits per heavy atom. The summed E-state index contributed by atoms with van der Waals surface area (Å²) in [7, 11) is 0. The zero-order chi connectivity index (χ0) is 19.3. The molecule has 1 spiro atoms. The van der Waals surface area contributed by atoms with Crippen LogP contribution in [0, 0.1) is 5.41 Å². The van der Waals surface area contributed by atoms with E-state index in [1.807, 2.05) is 35.9 Å². The number of carbonyl (C=O) groups excluding carboxylic acids is 2. The fourth-order valence-corrected chi connectivity index (χ4v) is 4.30. The lowest BCUT2D eigenvalue weighted by molar-refractivity contribution is -0.148. The second-order valence-electron chi connectivity index (χ2n) is 7.85. The quantitative estimate of drug-likeness (QED) is 0.767. The normalized spacial score (nSPS) is 20.7. The summed E-state index contributed by atoms with van der Waals surface area (Å²) in [4.78, 5) is 33.0. The maximum Gasteiger partial charge on any atom is 0.251 e. The summed E-state index contributed by atoms with van der Waals surface area (Å²) in [6.45, 7) is 7.38. The highest BCUT2D eigenvalue weighted by Gasteiger charge is 2.42. The molecule has 0 saturated carbocycles. The van der Waals surface area contributed by atoms with Crippen molar-refractivity contribution in [2.75, 3.05) is 32.8 Å². The summed E-state index contributed by atoms with van der Waals surface area (Å²) in [6.07, 6.45) is 7.61. The molecule has 0 aliphatic carbocycles. The summed E-state index contributed by atoms with van der Waals surface area (Å²) in [5.41, 5.74) is 1.32. The molecular weight excluding hydrogens is 342 g/mol. The molecule has 3 rings (SSSR count). The molecule has 1 unspecified atom stereocenters. The molecule has 2 saturated heterocycles. The van der Waals surface area contributed by atoms with Crippen molar-refractivity contribution in [2.24, 2.45) is 5.41 Å². The van der Waals surface area contributed by atoms with Crippen molar-refractivity contribution in [3.8, 4) is 0 Å². The van der Waals surface area contributed by atoms with Crippen molar-refractivity contribution in [3.63, 3.8) is 0 Å². The molecule has 1 aromatic rings. The second-order valence-corrected chi connectivity index (χ2v) is 7.85. The number of ether oxygens (including phenoxy) is 1. The first-order valence-electron chi connectivity index (χ1n) is 10.1. The Morgan fingerprint density at radius 2 is 2.11 bits per heavy atom. The summed E-state index contributed by atoms with van der Waals surface area (Å²) < 4.78 is 5.45. The molecule has 2 fully saturated rings. The van der Waals surface area contributed by atoms with Gasteiger partial charge < -0.3 is 14.5 Å². The van der Waals surface area contributed by atoms with Gasteiger partial charge in [-0.1, -0.05) is 6.07 Å². The Hall–Kier alpha value is -1.95. The van der Waals surface area contributed by atoms with Crippen molar-refractivity contribution in [2.45, 2.75) is 52.1 Å². The van der Waals surface area contributed by atoms with Crippen LogP contribution in [-0.4, -0.2) is 65.5 Å². The number of aromatic nitrogens is 1. The lowest BCUT2D eigenvalue weighted by Crippen LogP contribution is -2.53. The zero-order valence-corrected chi connectivity index (χ0v) is 16.5. The van der Waals surface area contributed by atoms with Crippen LogP contribution in [0.1, 0.15) is 45.1 Å². The largest absolute Gasteiger partial charge is 0.369 e. The van der Waals surface area contributed by atoms with Crippen molar-refractivity contribution in [3.05, 3.63) is 30.1 Å². The van der Waals surface area contributed by atoms with Gasteiger partial charge in [-0.15, -0.1) is 0 Å². The number of carbonyl (C=O) groups is 2. The number of nitrogens with zero attached hydrogens (tertiary/aromatic N) is 3. The van der Waals surface area contributed by atoms with E-state index in [-0.39, 0.29) is 23.3 Å². The van der Waals surface area contributed by atoms with Crippen LogP contribution in [0.15, 0.2) is 24.5 Å². The highest BCUT2D eigenvalue weighted by Crippen LogP contribution is 2.40. The number of hydrogen-bond acceptors (Lipinski definition) is 4. The van der Waals surface area contributed by atoms with Gasteiger partial charge in [0, 0.05) is 51.6 Å². The Kier molecular flexibility index (Phi) is 6.47. The third-order valence-electron chi connectivity index (χ3n) is 6.04. The fourth-order valence-electron chi connectivity index (χ4n) is 4.30. The standard InChI is InChI=1S/C21H31N3O3/c1-3-27-17(2)20(26)23-13-9-21(10-14-23)8-6-19(25)24(16-21)12-7-18-5-4-11-22-15-18/h4-5,11,15,17H,3,6-10,12-14,16H2,1-2H3. The SMILES string of the molecule is CCOC(C)C(=O)N1CCC2(CCC(=O)N(CCc3cccnc3)C2)CC1. The second kappa shape index (κ2) is 8.83. The maximum absolute atomic E-state index is 12.5. The van der Waals surface area contributed by atoms with Gasteiger partial charge in [0.2, 0.25) is 5.91 Å². The van der Waals surface area contributed by atoms with E-state index in [1.165, 1.54) is 0 Å². The molecule has 6 nitrogen and oxygen atoms in total. The van der Waals surface area contributed by atoms with Crippen molar-refractivity contribution in [1.82, 2.24) is 14.8 Å². The molecule has 0 bridgehead atoms. The number of amides is 2. The fraction of sp³-hybridized carbons (Fsp3) is 0.667. The monoisotopic (exact) mass is 373 g/mol. The Balaban J connectivity index is 1.54. The molecule has 0 N–H and O–H groups in total. The van der Waals surface area contributed by atoms with Gasteiger partial charge >= 0.3 is 0 Å². The summed E-state index contributed by atoms with van der Waals surface area (Å²) in [5, 5.41) is 0. The van der Waals surface area contributed by atoms with Gasteiger partial charge in [0.15, 0.2) is 0 Å². The highest BCUT2D eigenvalue weighted by atomic mass is 16.5. The van der Waals surface area contributed by atoms with Crippen LogP contribution in [0.3, 0.4) is 0 Å². The Bertz CT molecular complexity index is 641. The van der Waals surface area contributed by atoms with Crippen LogP contribution in [0.25, 0.3) is 0 Å². The smallest absolute Gasteiger partial charge is 0.251 e. The number of hydrogen-bond donors (Lipinski definition) is 0. The first-order valence-corrected chi connectivity index (χ1v) is 10.1. The van der Waals surface area contributed by atoms with E-state index in [4.69, 9.17) is 4.74 Å². The Labute approximate surface area is 161 Å². The molecule has 2 aliphatic heterocycles. The minimum atomic E-state index is -0.368. The molecule has 2 aliphatic rings. The first kappa shape index (κ1) is 19.8. The lowest BCUT2D eigenvalue weighted by atomic mass is 9.72. The minimum Gasteiger partial charge on any atom is -0.369 e. The van der Waals surface area contributed by atoms with Crippen LogP contribution in [0.5, 0.6) is 0 Å². The molecule has 148 valence electrons. The van der Waals surface area contributed by atoms with Gasteiger partial charge in [-0.05, 0) is 56.6 Å². The number of likely N-dealkylation sites (tertiary alicyclic amines) is 2. The van der Waals surface area contributed by atoms with E-state index >= 15 is 0 Å². The van der Waals surface area contributed by atoms with Crippen LogP contribution < -0.4 is 0 Å². The molecule has 6 heteroatoms.